The monoisotopic (exact) mass is 144 g/mol. The highest BCUT2D eigenvalue weighted by Gasteiger charge is 2.55. The van der Waals surface area contributed by atoms with Crippen molar-refractivity contribution in [1.82, 2.24) is 0 Å². The first kappa shape index (κ1) is 6.80. The van der Waals surface area contributed by atoms with Crippen molar-refractivity contribution in [2.24, 2.45) is 0 Å². The Morgan fingerprint density at radius 3 is 2.00 bits per heavy atom. The summed E-state index contributed by atoms with van der Waals surface area (Å²) in [5, 5.41) is 0. The molecule has 1 saturated heterocycles. The van der Waals surface area contributed by atoms with E-state index < -0.39 is 18.5 Å². The Labute approximate surface area is 48.6 Å². The smallest absolute Gasteiger partial charge is 0.335 e. The molecular formula is C4H4F4O. The van der Waals surface area contributed by atoms with Crippen molar-refractivity contribution in [1.29, 1.82) is 0 Å². The van der Waals surface area contributed by atoms with Gasteiger partial charge in [0.05, 0.1) is 6.61 Å². The molecule has 0 aromatic heterocycles. The van der Waals surface area contributed by atoms with E-state index in [9.17, 15) is 17.6 Å². The topological polar surface area (TPSA) is 12.5 Å². The Kier molecular flexibility index (Phi) is 1.38. The van der Waals surface area contributed by atoms with Crippen molar-refractivity contribution >= 4 is 0 Å². The van der Waals surface area contributed by atoms with E-state index in [1.54, 1.807) is 0 Å². The van der Waals surface area contributed by atoms with E-state index in [-0.39, 0.29) is 6.61 Å². The molecule has 0 aliphatic carbocycles. The zero-order valence-corrected chi connectivity index (χ0v) is 4.28. The van der Waals surface area contributed by atoms with E-state index in [1.807, 2.05) is 0 Å². The minimum atomic E-state index is -3.94. The number of ether oxygens (including phenoxy) is 1. The molecule has 1 heterocycles. The van der Waals surface area contributed by atoms with Crippen LogP contribution in [0.25, 0.3) is 0 Å². The highest BCUT2D eigenvalue weighted by Crippen LogP contribution is 2.35. The molecule has 0 aromatic rings. The Balaban J connectivity index is 2.48. The average molecular weight is 144 g/mol. The van der Waals surface area contributed by atoms with E-state index in [2.05, 4.69) is 4.74 Å². The first-order valence-electron chi connectivity index (χ1n) is 2.32. The molecule has 1 atom stereocenters. The van der Waals surface area contributed by atoms with Gasteiger partial charge in [0.2, 0.25) is 0 Å². The van der Waals surface area contributed by atoms with Crippen LogP contribution in [0.4, 0.5) is 17.6 Å². The zero-order valence-electron chi connectivity index (χ0n) is 4.28. The van der Waals surface area contributed by atoms with Crippen LogP contribution in [-0.2, 0) is 4.74 Å². The molecule has 0 saturated carbocycles. The fourth-order valence-electron chi connectivity index (χ4n) is 0.411. The lowest BCUT2D eigenvalue weighted by Crippen LogP contribution is -2.32. The predicted molar refractivity (Wildman–Crippen MR) is 20.7 cm³/mol. The van der Waals surface area contributed by atoms with Gasteiger partial charge in [0, 0.05) is 0 Å². The third kappa shape index (κ3) is 1.15. The molecule has 0 spiro atoms. The van der Waals surface area contributed by atoms with Crippen LogP contribution in [0.1, 0.15) is 0 Å². The third-order valence-corrected chi connectivity index (χ3v) is 1.05. The van der Waals surface area contributed by atoms with Crippen LogP contribution in [0, 0.1) is 0 Å². The molecule has 5 heteroatoms. The Morgan fingerprint density at radius 2 is 1.89 bits per heavy atom. The largest absolute Gasteiger partial charge is 0.366 e. The summed E-state index contributed by atoms with van der Waals surface area (Å²) < 4.78 is 50.3. The predicted octanol–water partition coefficient (Wildman–Crippen LogP) is 1.29. The first-order chi connectivity index (χ1) is 4.05. The summed E-state index contributed by atoms with van der Waals surface area (Å²) in [6, 6.07) is 0. The van der Waals surface area contributed by atoms with Gasteiger partial charge in [0.15, 0.2) is 6.10 Å². The average Bonchev–Trinajstić information content (AvgIpc) is 2.42. The van der Waals surface area contributed by atoms with Crippen LogP contribution in [0.3, 0.4) is 0 Å². The van der Waals surface area contributed by atoms with Crippen molar-refractivity contribution in [3.8, 4) is 0 Å². The molecule has 0 unspecified atom stereocenters. The van der Waals surface area contributed by atoms with E-state index >= 15 is 0 Å². The summed E-state index contributed by atoms with van der Waals surface area (Å²) in [6.07, 6.45) is -5.15. The molecule has 9 heavy (non-hydrogen) atoms. The maximum Gasteiger partial charge on any atom is 0.335 e. The molecule has 0 N–H and O–H groups in total. The van der Waals surface area contributed by atoms with Gasteiger partial charge >= 0.3 is 12.3 Å². The van der Waals surface area contributed by atoms with Crippen LogP contribution in [0.5, 0.6) is 0 Å². The zero-order chi connectivity index (χ0) is 7.07. The van der Waals surface area contributed by atoms with E-state index in [0.717, 1.165) is 0 Å². The second kappa shape index (κ2) is 1.83. The quantitative estimate of drug-likeness (QED) is 0.420. The molecule has 1 aliphatic rings. The number of epoxide rings is 1. The van der Waals surface area contributed by atoms with Gasteiger partial charge in [0.1, 0.15) is 0 Å². The van der Waals surface area contributed by atoms with Gasteiger partial charge in [-0.2, -0.15) is 8.78 Å². The maximum absolute atomic E-state index is 11.9. The van der Waals surface area contributed by atoms with Crippen molar-refractivity contribution in [3.63, 3.8) is 0 Å². The van der Waals surface area contributed by atoms with Crippen LogP contribution in [0.2, 0.25) is 0 Å². The number of hydrogen-bond donors (Lipinski definition) is 0. The number of rotatable bonds is 2. The van der Waals surface area contributed by atoms with Crippen molar-refractivity contribution in [2.75, 3.05) is 6.61 Å². The van der Waals surface area contributed by atoms with E-state index in [1.165, 1.54) is 0 Å². The lowest BCUT2D eigenvalue weighted by Gasteiger charge is -2.10. The van der Waals surface area contributed by atoms with Crippen molar-refractivity contribution < 1.29 is 22.3 Å². The lowest BCUT2D eigenvalue weighted by atomic mass is 10.3. The van der Waals surface area contributed by atoms with E-state index in [4.69, 9.17) is 0 Å². The second-order valence-electron chi connectivity index (χ2n) is 1.80. The number of hydrogen-bond acceptors (Lipinski definition) is 1. The van der Waals surface area contributed by atoms with Crippen LogP contribution < -0.4 is 0 Å². The standard InChI is InChI=1S/C4H4F4O/c5-3(6)4(7,8)2-1-9-2/h2-3H,1H2/t2-/m1/s1. The molecule has 0 radical (unpaired) electrons. The Hall–Kier alpha value is -0.320. The Bertz CT molecular complexity index is 105. The Morgan fingerprint density at radius 1 is 1.44 bits per heavy atom. The summed E-state index contributed by atoms with van der Waals surface area (Å²) in [6.45, 7) is -0.253. The SMILES string of the molecule is FC(F)C(F)(F)[C@H]1CO1. The summed E-state index contributed by atoms with van der Waals surface area (Å²) >= 11 is 0. The molecule has 0 amide bonds. The third-order valence-electron chi connectivity index (χ3n) is 1.05. The maximum atomic E-state index is 11.9. The van der Waals surface area contributed by atoms with E-state index in [0.29, 0.717) is 0 Å². The summed E-state index contributed by atoms with van der Waals surface area (Å²) in [4.78, 5) is 0. The number of alkyl halides is 4. The van der Waals surface area contributed by atoms with Gasteiger partial charge in [0.25, 0.3) is 0 Å². The van der Waals surface area contributed by atoms with Gasteiger partial charge in [-0.1, -0.05) is 0 Å². The van der Waals surface area contributed by atoms with Crippen LogP contribution in [-0.4, -0.2) is 25.1 Å². The molecule has 1 fully saturated rings. The molecule has 0 aromatic carbocycles. The molecule has 1 nitrogen and oxygen atoms in total. The highest BCUT2D eigenvalue weighted by molar-refractivity contribution is 4.87. The fourth-order valence-corrected chi connectivity index (χ4v) is 0.411. The molecule has 54 valence electrons. The molecule has 0 bridgehead atoms. The normalized spacial score (nSPS) is 27.0. The van der Waals surface area contributed by atoms with Crippen LogP contribution >= 0.6 is 0 Å². The summed E-state index contributed by atoms with van der Waals surface area (Å²) in [5.41, 5.74) is 0. The van der Waals surface area contributed by atoms with Crippen molar-refractivity contribution in [2.45, 2.75) is 18.5 Å². The molecule has 1 aliphatic heterocycles. The fraction of sp³-hybridized carbons (Fsp3) is 1.00. The first-order valence-corrected chi connectivity index (χ1v) is 2.32. The van der Waals surface area contributed by atoms with Gasteiger partial charge < -0.3 is 4.74 Å². The highest BCUT2D eigenvalue weighted by atomic mass is 19.3. The molecule has 1 rings (SSSR count). The van der Waals surface area contributed by atoms with Gasteiger partial charge in [-0.3, -0.25) is 0 Å². The minimum absolute atomic E-state index is 0.253. The minimum Gasteiger partial charge on any atom is -0.366 e. The second-order valence-corrected chi connectivity index (χ2v) is 1.80. The summed E-state index contributed by atoms with van der Waals surface area (Å²) in [7, 11) is 0. The van der Waals surface area contributed by atoms with Crippen LogP contribution in [0.15, 0.2) is 0 Å². The van der Waals surface area contributed by atoms with Crippen molar-refractivity contribution in [3.05, 3.63) is 0 Å². The summed E-state index contributed by atoms with van der Waals surface area (Å²) in [5.74, 6) is -3.94. The van der Waals surface area contributed by atoms with Gasteiger partial charge in [-0.15, -0.1) is 0 Å². The van der Waals surface area contributed by atoms with Gasteiger partial charge in [-0.05, 0) is 0 Å². The van der Waals surface area contributed by atoms with Gasteiger partial charge in [-0.25, -0.2) is 8.78 Å². The molecular weight excluding hydrogens is 140 g/mol. The number of halogens is 4. The lowest BCUT2D eigenvalue weighted by molar-refractivity contribution is -0.142.